The van der Waals surface area contributed by atoms with Crippen LogP contribution in [0.1, 0.15) is 12.8 Å². The smallest absolute Gasteiger partial charge is 0.142 e. The normalized spacial score (nSPS) is 18.9. The van der Waals surface area contributed by atoms with E-state index in [0.29, 0.717) is 6.04 Å². The van der Waals surface area contributed by atoms with Crippen LogP contribution in [0, 0.1) is 0 Å². The molecule has 3 rings (SSSR count). The highest BCUT2D eigenvalue weighted by Crippen LogP contribution is 2.32. The second kappa shape index (κ2) is 6.35. The van der Waals surface area contributed by atoms with E-state index >= 15 is 0 Å². The lowest BCUT2D eigenvalue weighted by atomic mass is 10.0. The van der Waals surface area contributed by atoms with Crippen LogP contribution in [0.25, 0.3) is 0 Å². The van der Waals surface area contributed by atoms with Gasteiger partial charge in [-0.3, -0.25) is 0 Å². The van der Waals surface area contributed by atoms with E-state index in [0.717, 1.165) is 37.7 Å². The summed E-state index contributed by atoms with van der Waals surface area (Å²) in [7, 11) is 2.06. The molecule has 5 heteroatoms. The average Bonchev–Trinajstić information content (AvgIpc) is 2.47. The van der Waals surface area contributed by atoms with Gasteiger partial charge in [0.2, 0.25) is 0 Å². The summed E-state index contributed by atoms with van der Waals surface area (Å²) in [6.07, 6.45) is 2.44. The Morgan fingerprint density at radius 2 is 2.11 bits per heavy atom. The van der Waals surface area contributed by atoms with Crippen molar-refractivity contribution in [2.45, 2.75) is 18.9 Å². The summed E-state index contributed by atoms with van der Waals surface area (Å²) < 4.78 is 5.61. The summed E-state index contributed by atoms with van der Waals surface area (Å²) in [5.41, 5.74) is 2.44. The maximum absolute atomic E-state index is 5.61. The van der Waals surface area contributed by atoms with Crippen LogP contribution in [-0.4, -0.2) is 39.3 Å². The van der Waals surface area contributed by atoms with Gasteiger partial charge >= 0.3 is 0 Å². The van der Waals surface area contributed by atoms with E-state index < -0.39 is 0 Å². The Hall–Kier alpha value is -1.13. The largest absolute Gasteiger partial charge is 0.490 e. The zero-order valence-corrected chi connectivity index (χ0v) is 12.1. The molecule has 0 spiro atoms. The lowest BCUT2D eigenvalue weighted by Crippen LogP contribution is -2.41. The van der Waals surface area contributed by atoms with Crippen LogP contribution in [0.2, 0.25) is 0 Å². The van der Waals surface area contributed by atoms with Crippen molar-refractivity contribution >= 4 is 23.8 Å². The fraction of sp³-hybridized carbons (Fsp3) is 0.571. The number of nitrogens with zero attached hydrogens (tertiary/aromatic N) is 1. The molecule has 2 N–H and O–H groups in total. The zero-order valence-electron chi connectivity index (χ0n) is 11.3. The molecule has 2 aliphatic heterocycles. The molecule has 0 bridgehead atoms. The Bertz CT molecular complexity index is 419. The minimum atomic E-state index is 0. The van der Waals surface area contributed by atoms with Gasteiger partial charge in [0.1, 0.15) is 12.4 Å². The molecule has 0 aromatic heterocycles. The number of halogens is 1. The molecule has 1 fully saturated rings. The Morgan fingerprint density at radius 3 is 2.84 bits per heavy atom. The predicted molar refractivity (Wildman–Crippen MR) is 82.0 cm³/mol. The first-order chi connectivity index (χ1) is 8.86. The van der Waals surface area contributed by atoms with Crippen molar-refractivity contribution in [3.05, 3.63) is 18.2 Å². The lowest BCUT2D eigenvalue weighted by Gasteiger charge is -2.34. The van der Waals surface area contributed by atoms with Crippen LogP contribution in [0.5, 0.6) is 5.75 Å². The van der Waals surface area contributed by atoms with Crippen molar-refractivity contribution in [1.82, 2.24) is 5.32 Å². The van der Waals surface area contributed by atoms with Crippen molar-refractivity contribution in [2.24, 2.45) is 0 Å². The van der Waals surface area contributed by atoms with Crippen molar-refractivity contribution in [3.8, 4) is 5.75 Å². The molecule has 0 unspecified atom stereocenters. The lowest BCUT2D eigenvalue weighted by molar-refractivity contribution is 0.323. The van der Waals surface area contributed by atoms with Gasteiger partial charge in [-0.05, 0) is 38.1 Å². The molecule has 2 heterocycles. The topological polar surface area (TPSA) is 36.5 Å². The summed E-state index contributed by atoms with van der Waals surface area (Å²) in [6.45, 7) is 3.93. The minimum absolute atomic E-state index is 0. The predicted octanol–water partition coefficient (Wildman–Crippen LogP) is 2.10. The second-order valence-corrected chi connectivity index (χ2v) is 5.01. The maximum atomic E-state index is 5.61. The molecule has 1 aromatic carbocycles. The third-order valence-corrected chi connectivity index (χ3v) is 3.91. The molecule has 0 saturated carbocycles. The van der Waals surface area contributed by atoms with Gasteiger partial charge in [0.05, 0.1) is 5.69 Å². The van der Waals surface area contributed by atoms with Gasteiger partial charge in [-0.25, -0.2) is 0 Å². The molecular formula is C14H22ClN3O. The summed E-state index contributed by atoms with van der Waals surface area (Å²) in [6, 6.07) is 7.15. The van der Waals surface area contributed by atoms with Gasteiger partial charge in [0.15, 0.2) is 0 Å². The molecule has 0 radical (unpaired) electrons. The number of piperidine rings is 1. The summed E-state index contributed by atoms with van der Waals surface area (Å²) in [5.74, 6) is 0.982. The van der Waals surface area contributed by atoms with E-state index in [9.17, 15) is 0 Å². The van der Waals surface area contributed by atoms with Crippen LogP contribution in [-0.2, 0) is 0 Å². The number of hydrogen-bond acceptors (Lipinski definition) is 4. The molecule has 0 aliphatic carbocycles. The highest BCUT2D eigenvalue weighted by Gasteiger charge is 2.19. The number of fused-ring (bicyclic) bond motifs is 1. The van der Waals surface area contributed by atoms with Gasteiger partial charge in [-0.2, -0.15) is 0 Å². The van der Waals surface area contributed by atoms with Crippen LogP contribution in [0.15, 0.2) is 18.2 Å². The van der Waals surface area contributed by atoms with Crippen LogP contribution in [0.3, 0.4) is 0 Å². The Morgan fingerprint density at radius 1 is 1.32 bits per heavy atom. The highest BCUT2D eigenvalue weighted by molar-refractivity contribution is 5.85. The summed E-state index contributed by atoms with van der Waals surface area (Å²) in [4.78, 5) is 2.46. The van der Waals surface area contributed by atoms with Gasteiger partial charge in [-0.15, -0.1) is 12.4 Å². The second-order valence-electron chi connectivity index (χ2n) is 5.01. The van der Waals surface area contributed by atoms with Crippen molar-refractivity contribution < 1.29 is 4.74 Å². The quantitative estimate of drug-likeness (QED) is 0.872. The molecule has 0 atom stereocenters. The molecule has 19 heavy (non-hydrogen) atoms. The Balaban J connectivity index is 0.00000133. The first-order valence-electron chi connectivity index (χ1n) is 6.80. The number of rotatable bonds is 2. The molecule has 1 aromatic rings. The fourth-order valence-corrected chi connectivity index (χ4v) is 2.75. The molecule has 106 valence electrons. The first kappa shape index (κ1) is 14.3. The average molecular weight is 284 g/mol. The zero-order chi connectivity index (χ0) is 12.4. The van der Waals surface area contributed by atoms with Crippen LogP contribution >= 0.6 is 12.4 Å². The van der Waals surface area contributed by atoms with Gasteiger partial charge in [-0.1, -0.05) is 0 Å². The highest BCUT2D eigenvalue weighted by atomic mass is 35.5. The van der Waals surface area contributed by atoms with Crippen LogP contribution in [0.4, 0.5) is 11.4 Å². The van der Waals surface area contributed by atoms with Gasteiger partial charge < -0.3 is 20.3 Å². The minimum Gasteiger partial charge on any atom is -0.490 e. The maximum Gasteiger partial charge on any atom is 0.142 e. The van der Waals surface area contributed by atoms with E-state index in [2.05, 4.69) is 40.8 Å². The number of ether oxygens (including phenoxy) is 1. The fourth-order valence-electron chi connectivity index (χ4n) is 2.75. The van der Waals surface area contributed by atoms with Crippen molar-refractivity contribution in [1.29, 1.82) is 0 Å². The first-order valence-corrected chi connectivity index (χ1v) is 6.80. The van der Waals surface area contributed by atoms with Crippen LogP contribution < -0.4 is 20.3 Å². The van der Waals surface area contributed by atoms with E-state index in [1.54, 1.807) is 0 Å². The number of nitrogens with one attached hydrogen (secondary N) is 2. The molecular weight excluding hydrogens is 262 g/mol. The van der Waals surface area contributed by atoms with E-state index in [4.69, 9.17) is 4.74 Å². The van der Waals surface area contributed by atoms with E-state index in [-0.39, 0.29) is 12.4 Å². The summed E-state index contributed by atoms with van der Waals surface area (Å²) in [5, 5.41) is 6.76. The number of benzene rings is 1. The van der Waals surface area contributed by atoms with Crippen molar-refractivity contribution in [2.75, 3.05) is 43.5 Å². The standard InChI is InChI=1S/C14H21N3O.ClH/c1-15-11-4-7-17(8-5-11)12-2-3-14-13(10-12)16-6-9-18-14;/h2-3,10-11,15-16H,4-9H2,1H3;1H. The van der Waals surface area contributed by atoms with Crippen molar-refractivity contribution in [3.63, 3.8) is 0 Å². The van der Waals surface area contributed by atoms with E-state index in [1.807, 2.05) is 0 Å². The Labute approximate surface area is 120 Å². The third-order valence-electron chi connectivity index (χ3n) is 3.91. The molecule has 4 nitrogen and oxygen atoms in total. The number of hydrogen-bond donors (Lipinski definition) is 2. The number of anilines is 2. The third kappa shape index (κ3) is 3.07. The molecule has 2 aliphatic rings. The SMILES string of the molecule is CNC1CCN(c2ccc3c(c2)NCCO3)CC1.Cl. The van der Waals surface area contributed by atoms with Gasteiger partial charge in [0.25, 0.3) is 0 Å². The molecule has 1 saturated heterocycles. The molecule has 0 amide bonds. The monoisotopic (exact) mass is 283 g/mol. The summed E-state index contributed by atoms with van der Waals surface area (Å²) >= 11 is 0. The van der Waals surface area contributed by atoms with Gasteiger partial charge in [0, 0.05) is 31.4 Å². The van der Waals surface area contributed by atoms with E-state index in [1.165, 1.54) is 18.5 Å². The Kier molecular flexibility index (Phi) is 4.77.